The van der Waals surface area contributed by atoms with Crippen LogP contribution in [0, 0.1) is 11.8 Å². The molecule has 3 heteroatoms. The first-order valence-electron chi connectivity index (χ1n) is 1.58. The maximum atomic E-state index is 11.0. The fourth-order valence-corrected chi connectivity index (χ4v) is 0.146. The van der Waals surface area contributed by atoms with Gasteiger partial charge in [-0.05, 0) is 6.92 Å². The van der Waals surface area contributed by atoms with Crippen LogP contribution < -0.4 is 0 Å². The van der Waals surface area contributed by atoms with Crippen LogP contribution in [-0.2, 0) is 5.11 Å². The van der Waals surface area contributed by atoms with Gasteiger partial charge >= 0.3 is 6.11 Å². The topological polar surface area (TPSA) is 19.9 Å². The van der Waals surface area contributed by atoms with Gasteiger partial charge in [0.25, 0.3) is 0 Å². The molecule has 0 rings (SSSR count). The van der Waals surface area contributed by atoms with E-state index < -0.39 is 6.11 Å². The summed E-state index contributed by atoms with van der Waals surface area (Å²) in [5.41, 5.74) is 0. The molecule has 39 valence electrons. The lowest BCUT2D eigenvalue weighted by atomic mass is 10.6. The van der Waals surface area contributed by atoms with E-state index in [9.17, 15) is 13.9 Å². The van der Waals surface area contributed by atoms with Crippen LogP contribution in [0.2, 0.25) is 0 Å². The third-order valence-electron chi connectivity index (χ3n) is 0.271. The van der Waals surface area contributed by atoms with Crippen molar-refractivity contribution >= 4 is 0 Å². The summed E-state index contributed by atoms with van der Waals surface area (Å²) in [6.45, 7) is 1.19. The van der Waals surface area contributed by atoms with Crippen LogP contribution in [0.3, 0.4) is 0 Å². The van der Waals surface area contributed by atoms with E-state index in [1.807, 2.05) is 0 Å². The Balaban J connectivity index is 3.72. The summed E-state index contributed by atoms with van der Waals surface area (Å²) in [7, 11) is 0. The fourth-order valence-electron chi connectivity index (χ4n) is 0.146. The van der Waals surface area contributed by atoms with Gasteiger partial charge in [-0.1, -0.05) is 5.92 Å². The maximum Gasteiger partial charge on any atom is 0.449 e. The van der Waals surface area contributed by atoms with Gasteiger partial charge in [-0.3, -0.25) is 0 Å². The van der Waals surface area contributed by atoms with Gasteiger partial charge in [0.1, 0.15) is 0 Å². The summed E-state index contributed by atoms with van der Waals surface area (Å²) in [5.74, 6) is 2.94. The molecule has 1 radical (unpaired) electrons. The monoisotopic (exact) mass is 105 g/mol. The summed E-state index contributed by atoms with van der Waals surface area (Å²) in [4.78, 5) is 0. The Morgan fingerprint density at radius 1 is 1.57 bits per heavy atom. The minimum absolute atomic E-state index is 1.15. The lowest BCUT2D eigenvalue weighted by Crippen LogP contribution is -2.06. The molecular formula is C4H3F2O. The highest BCUT2D eigenvalue weighted by Crippen LogP contribution is 2.04. The minimum Gasteiger partial charge on any atom is -0.160 e. The second kappa shape index (κ2) is 1.90. The Bertz CT molecular complexity index is 103. The Hall–Kier alpha value is -0.620. The quantitative estimate of drug-likeness (QED) is 0.410. The van der Waals surface area contributed by atoms with E-state index in [1.165, 1.54) is 6.92 Å². The summed E-state index contributed by atoms with van der Waals surface area (Å²) in [5, 5.41) is 9.20. The molecule has 0 aromatic carbocycles. The van der Waals surface area contributed by atoms with E-state index >= 15 is 0 Å². The average molecular weight is 105 g/mol. The molecule has 0 aliphatic heterocycles. The van der Waals surface area contributed by atoms with Crippen molar-refractivity contribution in [3.63, 3.8) is 0 Å². The second-order valence-electron chi connectivity index (χ2n) is 0.892. The van der Waals surface area contributed by atoms with Crippen LogP contribution in [0.4, 0.5) is 8.78 Å². The van der Waals surface area contributed by atoms with Crippen molar-refractivity contribution in [1.82, 2.24) is 0 Å². The number of alkyl halides is 2. The van der Waals surface area contributed by atoms with E-state index in [0.29, 0.717) is 0 Å². The summed E-state index contributed by atoms with van der Waals surface area (Å²) >= 11 is 0. The van der Waals surface area contributed by atoms with Crippen LogP contribution in [-0.4, -0.2) is 6.11 Å². The molecule has 1 nitrogen and oxygen atoms in total. The predicted molar refractivity (Wildman–Crippen MR) is 19.1 cm³/mol. The molecule has 0 heterocycles. The van der Waals surface area contributed by atoms with Gasteiger partial charge in [-0.2, -0.15) is 8.78 Å². The van der Waals surface area contributed by atoms with Crippen molar-refractivity contribution < 1.29 is 13.9 Å². The van der Waals surface area contributed by atoms with E-state index in [-0.39, 0.29) is 0 Å². The van der Waals surface area contributed by atoms with Crippen molar-refractivity contribution in [2.45, 2.75) is 13.0 Å². The van der Waals surface area contributed by atoms with Gasteiger partial charge < -0.3 is 0 Å². The van der Waals surface area contributed by atoms with Crippen LogP contribution in [0.15, 0.2) is 0 Å². The fraction of sp³-hybridized carbons (Fsp3) is 0.500. The molecule has 0 atom stereocenters. The third kappa shape index (κ3) is 5.38. The Morgan fingerprint density at radius 2 is 2.00 bits per heavy atom. The molecule has 0 fully saturated rings. The number of rotatable bonds is 0. The van der Waals surface area contributed by atoms with Crippen molar-refractivity contribution in [2.24, 2.45) is 0 Å². The van der Waals surface area contributed by atoms with Crippen LogP contribution in [0.5, 0.6) is 0 Å². The molecule has 0 unspecified atom stereocenters. The smallest absolute Gasteiger partial charge is 0.160 e. The molecule has 0 saturated heterocycles. The first-order valence-corrected chi connectivity index (χ1v) is 1.58. The van der Waals surface area contributed by atoms with Gasteiger partial charge in [0.15, 0.2) is 0 Å². The normalized spacial score (nSPS) is 9.71. The second-order valence-corrected chi connectivity index (χ2v) is 0.892. The zero-order valence-electron chi connectivity index (χ0n) is 3.66. The van der Waals surface area contributed by atoms with Crippen LogP contribution in [0.25, 0.3) is 0 Å². The van der Waals surface area contributed by atoms with E-state index in [2.05, 4.69) is 0 Å². The Kier molecular flexibility index (Phi) is 1.73. The molecular weight excluding hydrogens is 102 g/mol. The van der Waals surface area contributed by atoms with Gasteiger partial charge in [0.2, 0.25) is 0 Å². The standard InChI is InChI=1S/C4H3F2O/c1-2-3-4(5,6)7/h1H3. The first-order chi connectivity index (χ1) is 3.06. The van der Waals surface area contributed by atoms with E-state index in [1.54, 1.807) is 5.92 Å². The Morgan fingerprint density at radius 3 is 2.00 bits per heavy atom. The molecule has 7 heavy (non-hydrogen) atoms. The van der Waals surface area contributed by atoms with E-state index in [0.717, 1.165) is 5.92 Å². The average Bonchev–Trinajstić information content (AvgIpc) is 1.30. The summed E-state index contributed by atoms with van der Waals surface area (Å²) in [6, 6.07) is 0. The number of halogens is 2. The SMILES string of the molecule is CC#CC([O])(F)F. The zero-order valence-corrected chi connectivity index (χ0v) is 3.66. The van der Waals surface area contributed by atoms with Gasteiger partial charge in [-0.15, -0.1) is 5.11 Å². The highest BCUT2D eigenvalue weighted by molar-refractivity contribution is 5.01. The molecule has 0 aliphatic rings. The minimum atomic E-state index is -4.06. The van der Waals surface area contributed by atoms with Gasteiger partial charge in [0, 0.05) is 5.92 Å². The first kappa shape index (κ1) is 6.38. The molecule has 0 spiro atoms. The van der Waals surface area contributed by atoms with Gasteiger partial charge in [0.05, 0.1) is 0 Å². The molecule has 0 aliphatic carbocycles. The molecule has 0 saturated carbocycles. The van der Waals surface area contributed by atoms with Crippen LogP contribution >= 0.6 is 0 Å². The summed E-state index contributed by atoms with van der Waals surface area (Å²) < 4.78 is 22.0. The number of hydrogen-bond acceptors (Lipinski definition) is 0. The molecule has 0 aromatic heterocycles. The highest BCUT2D eigenvalue weighted by atomic mass is 19.3. The third-order valence-corrected chi connectivity index (χ3v) is 0.271. The highest BCUT2D eigenvalue weighted by Gasteiger charge is 2.21. The maximum absolute atomic E-state index is 11.0. The molecule has 0 bridgehead atoms. The molecule has 0 amide bonds. The van der Waals surface area contributed by atoms with Crippen molar-refractivity contribution in [2.75, 3.05) is 0 Å². The molecule has 0 aromatic rings. The van der Waals surface area contributed by atoms with Crippen molar-refractivity contribution in [1.29, 1.82) is 0 Å². The van der Waals surface area contributed by atoms with Crippen molar-refractivity contribution in [3.8, 4) is 11.8 Å². The predicted octanol–water partition coefficient (Wildman–Crippen LogP) is 1.03. The lowest BCUT2D eigenvalue weighted by Gasteiger charge is -1.89. The van der Waals surface area contributed by atoms with E-state index in [4.69, 9.17) is 0 Å². The Labute approximate surface area is 40.0 Å². The lowest BCUT2D eigenvalue weighted by molar-refractivity contribution is -0.192. The zero-order chi connectivity index (χ0) is 5.91. The number of hydrogen-bond donors (Lipinski definition) is 0. The van der Waals surface area contributed by atoms with Crippen molar-refractivity contribution in [3.05, 3.63) is 0 Å². The van der Waals surface area contributed by atoms with Crippen LogP contribution in [0.1, 0.15) is 6.92 Å². The summed E-state index contributed by atoms with van der Waals surface area (Å²) in [6.07, 6.45) is -4.06. The molecule has 0 N–H and O–H groups in total. The largest absolute Gasteiger partial charge is 0.449 e. The van der Waals surface area contributed by atoms with Gasteiger partial charge in [-0.25, -0.2) is 0 Å².